The number of esters is 1. The van der Waals surface area contributed by atoms with E-state index in [9.17, 15) is 18.4 Å². The van der Waals surface area contributed by atoms with Gasteiger partial charge in [0.05, 0.1) is 12.7 Å². The van der Waals surface area contributed by atoms with E-state index in [0.717, 1.165) is 10.9 Å². The quantitative estimate of drug-likeness (QED) is 0.464. The summed E-state index contributed by atoms with van der Waals surface area (Å²) in [5.41, 5.74) is 1.98. The van der Waals surface area contributed by atoms with Gasteiger partial charge in [-0.1, -0.05) is 18.2 Å². The van der Waals surface area contributed by atoms with Gasteiger partial charge >= 0.3 is 12.6 Å². The van der Waals surface area contributed by atoms with Crippen molar-refractivity contribution >= 4 is 22.7 Å². The number of hydrogen-bond acceptors (Lipinski definition) is 5. The zero-order chi connectivity index (χ0) is 21.1. The maximum atomic E-state index is 12.9. The number of benzene rings is 2. The maximum absolute atomic E-state index is 12.9. The molecule has 1 heterocycles. The second kappa shape index (κ2) is 8.30. The second-order valence-electron chi connectivity index (χ2n) is 6.33. The summed E-state index contributed by atoms with van der Waals surface area (Å²) < 4.78 is 39.5. The van der Waals surface area contributed by atoms with Crippen molar-refractivity contribution in [2.45, 2.75) is 26.6 Å². The minimum absolute atomic E-state index is 0.0405. The van der Waals surface area contributed by atoms with E-state index in [1.165, 1.54) is 32.2 Å². The zero-order valence-corrected chi connectivity index (χ0v) is 16.0. The van der Waals surface area contributed by atoms with E-state index < -0.39 is 18.7 Å². The van der Waals surface area contributed by atoms with Gasteiger partial charge in [-0.2, -0.15) is 8.78 Å². The van der Waals surface area contributed by atoms with Crippen LogP contribution in [0.25, 0.3) is 10.9 Å². The summed E-state index contributed by atoms with van der Waals surface area (Å²) in [5, 5.41) is 0.744. The molecule has 1 atom stereocenters. The Labute approximate surface area is 165 Å². The smallest absolute Gasteiger partial charge is 0.387 e. The Morgan fingerprint density at radius 1 is 1.07 bits per heavy atom. The number of nitrogens with one attached hydrogen (secondary N) is 1. The van der Waals surface area contributed by atoms with Crippen molar-refractivity contribution in [2.75, 3.05) is 7.11 Å². The summed E-state index contributed by atoms with van der Waals surface area (Å²) >= 11 is 0. The lowest BCUT2D eigenvalue weighted by atomic mass is 10.0. The van der Waals surface area contributed by atoms with Crippen LogP contribution >= 0.6 is 0 Å². The Hall–Kier alpha value is -3.42. The lowest BCUT2D eigenvalue weighted by Gasteiger charge is -2.14. The number of methoxy groups -OCH3 is 1. The molecule has 0 aliphatic rings. The Morgan fingerprint density at radius 3 is 2.48 bits per heavy atom. The van der Waals surface area contributed by atoms with Crippen LogP contribution in [0.3, 0.4) is 0 Å². The van der Waals surface area contributed by atoms with Crippen molar-refractivity contribution in [1.29, 1.82) is 0 Å². The van der Waals surface area contributed by atoms with Crippen molar-refractivity contribution < 1.29 is 32.6 Å². The molecule has 0 radical (unpaired) electrons. The minimum atomic E-state index is -3.03. The molecule has 2 aromatic carbocycles. The molecule has 152 valence electrons. The second-order valence-corrected chi connectivity index (χ2v) is 6.33. The number of H-pyrrole nitrogens is 1. The highest BCUT2D eigenvalue weighted by Gasteiger charge is 2.25. The number of halogens is 2. The SMILES string of the molecule is COc1cc(C(=O)OC(C)C(=O)c2c(C)[nH]c3ccccc23)ccc1OC(F)F. The zero-order valence-electron chi connectivity index (χ0n) is 16.0. The van der Waals surface area contributed by atoms with Crippen LogP contribution in [-0.2, 0) is 4.74 Å². The van der Waals surface area contributed by atoms with E-state index >= 15 is 0 Å². The van der Waals surface area contributed by atoms with Crippen LogP contribution in [0.2, 0.25) is 0 Å². The first-order chi connectivity index (χ1) is 13.8. The molecule has 0 amide bonds. The lowest BCUT2D eigenvalue weighted by molar-refractivity contribution is -0.0512. The van der Waals surface area contributed by atoms with E-state index in [4.69, 9.17) is 9.47 Å². The van der Waals surface area contributed by atoms with E-state index in [2.05, 4.69) is 9.72 Å². The van der Waals surface area contributed by atoms with Gasteiger partial charge in [-0.05, 0) is 38.1 Å². The number of hydrogen-bond donors (Lipinski definition) is 1. The number of aromatic nitrogens is 1. The number of Topliss-reactive ketones (excluding diaryl/α,β-unsaturated/α-hetero) is 1. The third-order valence-corrected chi connectivity index (χ3v) is 4.41. The van der Waals surface area contributed by atoms with Crippen molar-refractivity contribution in [3.05, 3.63) is 59.3 Å². The third kappa shape index (κ3) is 4.21. The molecule has 3 rings (SSSR count). The number of aromatic amines is 1. The average Bonchev–Trinajstić information content (AvgIpc) is 3.02. The summed E-state index contributed by atoms with van der Waals surface area (Å²) in [6, 6.07) is 11.0. The molecule has 1 N–H and O–H groups in total. The molecule has 1 aromatic heterocycles. The summed E-state index contributed by atoms with van der Waals surface area (Å²) in [6.45, 7) is 0.222. The highest BCUT2D eigenvalue weighted by molar-refractivity contribution is 6.11. The summed E-state index contributed by atoms with van der Waals surface area (Å²) in [7, 11) is 1.26. The molecule has 3 aromatic rings. The number of carbonyl (C=O) groups excluding carboxylic acids is 2. The molecule has 0 fully saturated rings. The number of para-hydroxylation sites is 1. The average molecular weight is 403 g/mol. The van der Waals surface area contributed by atoms with Crippen molar-refractivity contribution in [1.82, 2.24) is 4.98 Å². The lowest BCUT2D eigenvalue weighted by Crippen LogP contribution is -2.25. The molecule has 6 nitrogen and oxygen atoms in total. The van der Waals surface area contributed by atoms with Gasteiger partial charge in [-0.15, -0.1) is 0 Å². The standard InChI is InChI=1S/C21H19F2NO5/c1-11-18(14-6-4-5-7-15(14)24-11)19(25)12(2)28-20(26)13-8-9-16(29-21(22)23)17(10-13)27-3/h4-10,12,21,24H,1-3H3. The fourth-order valence-electron chi connectivity index (χ4n) is 3.07. The number of fused-ring (bicyclic) bond motifs is 1. The topological polar surface area (TPSA) is 77.6 Å². The van der Waals surface area contributed by atoms with E-state index in [1.807, 2.05) is 24.3 Å². The fraction of sp³-hybridized carbons (Fsp3) is 0.238. The predicted octanol–water partition coefficient (Wildman–Crippen LogP) is 4.51. The summed E-state index contributed by atoms with van der Waals surface area (Å²) in [6.07, 6.45) is -1.05. The van der Waals surface area contributed by atoms with Gasteiger partial charge in [-0.3, -0.25) is 4.79 Å². The van der Waals surface area contributed by atoms with Gasteiger partial charge in [0.15, 0.2) is 17.6 Å². The van der Waals surface area contributed by atoms with Gasteiger partial charge in [0.1, 0.15) is 0 Å². The fourth-order valence-corrected chi connectivity index (χ4v) is 3.07. The predicted molar refractivity (Wildman–Crippen MR) is 102 cm³/mol. The number of ether oxygens (including phenoxy) is 3. The maximum Gasteiger partial charge on any atom is 0.387 e. The minimum Gasteiger partial charge on any atom is -0.493 e. The molecule has 0 aliphatic carbocycles. The molecule has 0 saturated heterocycles. The Balaban J connectivity index is 1.79. The van der Waals surface area contributed by atoms with Crippen LogP contribution in [0.15, 0.2) is 42.5 Å². The Bertz CT molecular complexity index is 1060. The van der Waals surface area contributed by atoms with Crippen LogP contribution in [0, 0.1) is 6.92 Å². The largest absolute Gasteiger partial charge is 0.493 e. The molecule has 0 bridgehead atoms. The monoisotopic (exact) mass is 403 g/mol. The molecule has 29 heavy (non-hydrogen) atoms. The highest BCUT2D eigenvalue weighted by atomic mass is 19.3. The first-order valence-corrected chi connectivity index (χ1v) is 8.77. The van der Waals surface area contributed by atoms with E-state index in [0.29, 0.717) is 11.3 Å². The van der Waals surface area contributed by atoms with Crippen LogP contribution in [-0.4, -0.2) is 36.6 Å². The number of carbonyl (C=O) groups is 2. The molecule has 0 saturated carbocycles. The molecule has 0 aliphatic heterocycles. The van der Waals surface area contributed by atoms with Crippen molar-refractivity contribution in [2.24, 2.45) is 0 Å². The molecule has 8 heteroatoms. The molecule has 0 spiro atoms. The number of rotatable bonds is 7. The van der Waals surface area contributed by atoms with E-state index in [-0.39, 0.29) is 22.8 Å². The molecule has 1 unspecified atom stereocenters. The van der Waals surface area contributed by atoms with Crippen LogP contribution in [0.4, 0.5) is 8.78 Å². The van der Waals surface area contributed by atoms with Gasteiger partial charge in [0.2, 0.25) is 5.78 Å². The van der Waals surface area contributed by atoms with Gasteiger partial charge in [0.25, 0.3) is 0 Å². The van der Waals surface area contributed by atoms with Crippen LogP contribution in [0.1, 0.15) is 33.3 Å². The molecular weight excluding hydrogens is 384 g/mol. The Kier molecular flexibility index (Phi) is 5.81. The van der Waals surface area contributed by atoms with Crippen LogP contribution in [0.5, 0.6) is 11.5 Å². The van der Waals surface area contributed by atoms with Gasteiger partial charge in [0, 0.05) is 22.2 Å². The number of aryl methyl sites for hydroxylation is 1. The van der Waals surface area contributed by atoms with E-state index in [1.54, 1.807) is 6.92 Å². The highest BCUT2D eigenvalue weighted by Crippen LogP contribution is 2.30. The normalized spacial score (nSPS) is 12.1. The first-order valence-electron chi connectivity index (χ1n) is 8.77. The molecular formula is C21H19F2NO5. The number of alkyl halides is 2. The third-order valence-electron chi connectivity index (χ3n) is 4.41. The van der Waals surface area contributed by atoms with Gasteiger partial charge in [-0.25, -0.2) is 4.79 Å². The van der Waals surface area contributed by atoms with Gasteiger partial charge < -0.3 is 19.2 Å². The van der Waals surface area contributed by atoms with Crippen molar-refractivity contribution in [3.63, 3.8) is 0 Å². The Morgan fingerprint density at radius 2 is 1.79 bits per heavy atom. The summed E-state index contributed by atoms with van der Waals surface area (Å²) in [4.78, 5) is 28.5. The number of ketones is 1. The van der Waals surface area contributed by atoms with Crippen LogP contribution < -0.4 is 9.47 Å². The summed E-state index contributed by atoms with van der Waals surface area (Å²) in [5.74, 6) is -1.40. The van der Waals surface area contributed by atoms with Crippen molar-refractivity contribution in [3.8, 4) is 11.5 Å². The first kappa shape index (κ1) is 20.3.